The molecule has 0 saturated carbocycles. The molecule has 36 heavy (non-hydrogen) atoms. The number of aromatic carboxylic acids is 1. The fourth-order valence-electron chi connectivity index (χ4n) is 4.38. The van der Waals surface area contributed by atoms with Crippen molar-refractivity contribution in [3.05, 3.63) is 106 Å². The van der Waals surface area contributed by atoms with E-state index in [4.69, 9.17) is 0 Å². The van der Waals surface area contributed by atoms with Gasteiger partial charge in [0, 0.05) is 17.5 Å². The Morgan fingerprint density at radius 1 is 0.972 bits per heavy atom. The molecular weight excluding hydrogens is 456 g/mol. The second-order valence-corrected chi connectivity index (χ2v) is 8.42. The highest BCUT2D eigenvalue weighted by Crippen LogP contribution is 2.29. The predicted octanol–water partition coefficient (Wildman–Crippen LogP) is 4.19. The van der Waals surface area contributed by atoms with Crippen molar-refractivity contribution in [2.24, 2.45) is 0 Å². The molecule has 0 fully saturated rings. The maximum Gasteiger partial charge on any atom is 0.337 e. The number of imidazole rings is 1. The summed E-state index contributed by atoms with van der Waals surface area (Å²) in [5.74, 6) is -0.479. The van der Waals surface area contributed by atoms with Gasteiger partial charge in [0.05, 0.1) is 17.8 Å². The molecule has 0 aliphatic carbocycles. The summed E-state index contributed by atoms with van der Waals surface area (Å²) in [5, 5.41) is 23.8. The zero-order valence-electron chi connectivity index (χ0n) is 19.6. The van der Waals surface area contributed by atoms with Gasteiger partial charge in [0.15, 0.2) is 5.82 Å². The van der Waals surface area contributed by atoms with Crippen LogP contribution in [0.3, 0.4) is 0 Å². The van der Waals surface area contributed by atoms with Crippen molar-refractivity contribution in [2.75, 3.05) is 0 Å². The van der Waals surface area contributed by atoms with Gasteiger partial charge in [0.2, 0.25) is 0 Å². The van der Waals surface area contributed by atoms with Crippen molar-refractivity contribution >= 4 is 5.97 Å². The average molecular weight is 481 g/mol. The molecule has 0 spiro atoms. The molecule has 0 bridgehead atoms. The van der Waals surface area contributed by atoms with Crippen LogP contribution in [0, 0.1) is 0 Å². The smallest absolute Gasteiger partial charge is 0.337 e. The maximum atomic E-state index is 13.4. The van der Waals surface area contributed by atoms with E-state index in [9.17, 15) is 14.7 Å². The molecule has 3 aromatic carbocycles. The highest BCUT2D eigenvalue weighted by molar-refractivity contribution is 5.91. The fourth-order valence-corrected chi connectivity index (χ4v) is 4.38. The molecule has 2 N–H and O–H groups in total. The summed E-state index contributed by atoms with van der Waals surface area (Å²) in [7, 11) is 0. The van der Waals surface area contributed by atoms with E-state index in [-0.39, 0.29) is 11.3 Å². The first kappa shape index (κ1) is 23.0. The van der Waals surface area contributed by atoms with E-state index in [0.717, 1.165) is 34.4 Å². The van der Waals surface area contributed by atoms with E-state index >= 15 is 0 Å². The van der Waals surface area contributed by atoms with Crippen LogP contribution in [0.15, 0.2) is 83.8 Å². The minimum atomic E-state index is -1.07. The number of H-pyrrole nitrogens is 1. The SMILES string of the molecule is CCCc1cn(-c2ccccc2C(=O)O)c(=O)n1Cc1ccc(-c2ccccc2-c2nnn[nH]2)cc1. The molecule has 0 amide bonds. The highest BCUT2D eigenvalue weighted by Gasteiger charge is 2.17. The molecule has 5 aromatic rings. The summed E-state index contributed by atoms with van der Waals surface area (Å²) in [6.45, 7) is 2.43. The third-order valence-electron chi connectivity index (χ3n) is 6.10. The lowest BCUT2D eigenvalue weighted by Crippen LogP contribution is -2.25. The third kappa shape index (κ3) is 4.34. The summed E-state index contributed by atoms with van der Waals surface area (Å²) < 4.78 is 3.15. The Kier molecular flexibility index (Phi) is 6.27. The Morgan fingerprint density at radius 3 is 2.39 bits per heavy atom. The zero-order valence-corrected chi connectivity index (χ0v) is 19.6. The van der Waals surface area contributed by atoms with Crippen LogP contribution in [0.25, 0.3) is 28.2 Å². The van der Waals surface area contributed by atoms with Gasteiger partial charge in [-0.25, -0.2) is 14.7 Å². The molecule has 0 unspecified atom stereocenters. The lowest BCUT2D eigenvalue weighted by molar-refractivity contribution is 0.0697. The number of carboxylic acid groups (broad SMARTS) is 1. The van der Waals surface area contributed by atoms with Crippen molar-refractivity contribution in [3.63, 3.8) is 0 Å². The lowest BCUT2D eigenvalue weighted by atomic mass is 9.98. The number of aromatic amines is 1. The van der Waals surface area contributed by atoms with Gasteiger partial charge in [-0.2, -0.15) is 0 Å². The second kappa shape index (κ2) is 9.83. The molecule has 2 aromatic heterocycles. The molecule has 0 aliphatic heterocycles. The van der Waals surface area contributed by atoms with Crippen LogP contribution >= 0.6 is 0 Å². The van der Waals surface area contributed by atoms with Crippen molar-refractivity contribution in [1.82, 2.24) is 29.8 Å². The van der Waals surface area contributed by atoms with Gasteiger partial charge in [0.1, 0.15) is 0 Å². The third-order valence-corrected chi connectivity index (χ3v) is 6.10. The van der Waals surface area contributed by atoms with Crippen LogP contribution in [-0.2, 0) is 13.0 Å². The summed E-state index contributed by atoms with van der Waals surface area (Å²) in [6.07, 6.45) is 3.31. The summed E-state index contributed by atoms with van der Waals surface area (Å²) in [4.78, 5) is 25.1. The van der Waals surface area contributed by atoms with Crippen LogP contribution in [0.5, 0.6) is 0 Å². The van der Waals surface area contributed by atoms with E-state index in [1.807, 2.05) is 55.5 Å². The molecule has 0 saturated heterocycles. The minimum Gasteiger partial charge on any atom is -0.478 e. The Morgan fingerprint density at radius 2 is 1.69 bits per heavy atom. The van der Waals surface area contributed by atoms with E-state index in [2.05, 4.69) is 20.6 Å². The van der Waals surface area contributed by atoms with Crippen LogP contribution in [0.1, 0.15) is 35.0 Å². The number of carboxylic acids is 1. The van der Waals surface area contributed by atoms with E-state index in [1.165, 1.54) is 10.6 Å². The molecule has 0 aliphatic rings. The average Bonchev–Trinajstić information content (AvgIpc) is 3.54. The number of carbonyl (C=O) groups is 1. The monoisotopic (exact) mass is 480 g/mol. The van der Waals surface area contributed by atoms with Crippen molar-refractivity contribution in [2.45, 2.75) is 26.3 Å². The molecule has 0 radical (unpaired) electrons. The molecule has 9 heteroatoms. The zero-order chi connectivity index (χ0) is 25.1. The largest absolute Gasteiger partial charge is 0.478 e. The number of hydrogen-bond donors (Lipinski definition) is 2. The number of tetrazole rings is 1. The maximum absolute atomic E-state index is 13.4. The van der Waals surface area contributed by atoms with Gasteiger partial charge in [-0.15, -0.1) is 5.10 Å². The van der Waals surface area contributed by atoms with E-state index in [1.54, 1.807) is 29.0 Å². The number of rotatable bonds is 8. The van der Waals surface area contributed by atoms with Crippen molar-refractivity contribution < 1.29 is 9.90 Å². The lowest BCUT2D eigenvalue weighted by Gasteiger charge is -2.10. The number of nitrogens with zero attached hydrogens (tertiary/aromatic N) is 5. The van der Waals surface area contributed by atoms with E-state index < -0.39 is 5.97 Å². The van der Waals surface area contributed by atoms with Gasteiger partial charge >= 0.3 is 11.7 Å². The number of aryl methyl sites for hydroxylation is 1. The van der Waals surface area contributed by atoms with Crippen LogP contribution in [0.4, 0.5) is 0 Å². The van der Waals surface area contributed by atoms with Gasteiger partial charge in [0.25, 0.3) is 0 Å². The van der Waals surface area contributed by atoms with Gasteiger partial charge < -0.3 is 5.11 Å². The quantitative estimate of drug-likeness (QED) is 0.344. The minimum absolute atomic E-state index is 0.0878. The molecule has 180 valence electrons. The Balaban J connectivity index is 1.49. The Labute approximate surface area is 206 Å². The Hall–Kier alpha value is -4.79. The predicted molar refractivity (Wildman–Crippen MR) is 135 cm³/mol. The number of nitrogens with one attached hydrogen (secondary N) is 1. The molecule has 5 rings (SSSR count). The van der Waals surface area contributed by atoms with Gasteiger partial charge in [-0.05, 0) is 45.7 Å². The topological polar surface area (TPSA) is 119 Å². The van der Waals surface area contributed by atoms with Crippen molar-refractivity contribution in [3.8, 4) is 28.2 Å². The van der Waals surface area contributed by atoms with Gasteiger partial charge in [-0.3, -0.25) is 9.13 Å². The van der Waals surface area contributed by atoms with Crippen molar-refractivity contribution in [1.29, 1.82) is 0 Å². The number of para-hydroxylation sites is 1. The number of hydrogen-bond acceptors (Lipinski definition) is 5. The fraction of sp³-hybridized carbons (Fsp3) is 0.148. The standard InChI is InChI=1S/C27H24N6O3/c1-2-7-20-17-33(24-11-6-5-10-23(24)26(34)35)27(36)32(20)16-18-12-14-19(15-13-18)21-8-3-4-9-22(21)25-28-30-31-29-25/h3-6,8-15,17H,2,7,16H2,1H3,(H,34,35)(H,28,29,30,31). The van der Waals surface area contributed by atoms with Crippen LogP contribution in [-0.4, -0.2) is 40.8 Å². The van der Waals surface area contributed by atoms with Gasteiger partial charge in [-0.1, -0.05) is 74.0 Å². The molecule has 9 nitrogen and oxygen atoms in total. The molecule has 2 heterocycles. The van der Waals surface area contributed by atoms with Crippen LogP contribution in [0.2, 0.25) is 0 Å². The first-order valence-electron chi connectivity index (χ1n) is 11.6. The van der Waals surface area contributed by atoms with Crippen LogP contribution < -0.4 is 5.69 Å². The summed E-state index contributed by atoms with van der Waals surface area (Å²) in [6, 6.07) is 22.4. The summed E-state index contributed by atoms with van der Waals surface area (Å²) >= 11 is 0. The molecule has 0 atom stereocenters. The molecular formula is C27H24N6O3. The first-order valence-corrected chi connectivity index (χ1v) is 11.6. The summed E-state index contributed by atoms with van der Waals surface area (Å²) in [5.41, 5.74) is 4.88. The van der Waals surface area contributed by atoms with E-state index in [0.29, 0.717) is 24.5 Å². The first-order chi connectivity index (χ1) is 17.6. The normalized spacial score (nSPS) is 11.0. The number of benzene rings is 3. The number of aromatic nitrogens is 6. The highest BCUT2D eigenvalue weighted by atomic mass is 16.4. The Bertz CT molecular complexity index is 1570. The second-order valence-electron chi connectivity index (χ2n) is 8.42.